The van der Waals surface area contributed by atoms with Gasteiger partial charge in [-0.1, -0.05) is 18.2 Å². The van der Waals surface area contributed by atoms with Crippen molar-refractivity contribution in [3.05, 3.63) is 59.7 Å². The van der Waals surface area contributed by atoms with Gasteiger partial charge in [0.15, 0.2) is 0 Å². The van der Waals surface area contributed by atoms with Gasteiger partial charge in [0.05, 0.1) is 22.1 Å². The zero-order valence-electron chi connectivity index (χ0n) is 11.1. The number of benzene rings is 2. The maximum atomic E-state index is 12.0. The maximum Gasteiger partial charge on any atom is 0.269 e. The molecule has 0 aliphatic heterocycles. The summed E-state index contributed by atoms with van der Waals surface area (Å²) in [5, 5.41) is 18.3. The lowest BCUT2D eigenvalue weighted by molar-refractivity contribution is 0.0942. The van der Waals surface area contributed by atoms with Crippen LogP contribution in [0, 0.1) is 11.3 Å². The molecule has 0 aliphatic rings. The molecule has 112 valence electrons. The molecule has 2 aromatic carbocycles. The molecule has 0 fully saturated rings. The Kier molecular flexibility index (Phi) is 4.41. The number of para-hydroxylation sites is 1. The number of carbonyl (C=O) groups excluding carboxylic acids is 1. The number of rotatable bonds is 4. The molecule has 0 saturated carbocycles. The van der Waals surface area contributed by atoms with E-state index in [9.17, 15) is 18.3 Å². The molecule has 0 heterocycles. The molecular formula is C14H11N3O4S. The molecule has 0 atom stereocenters. The van der Waals surface area contributed by atoms with E-state index in [2.05, 4.69) is 0 Å². The molecule has 0 radical (unpaired) electrons. The van der Waals surface area contributed by atoms with Crippen molar-refractivity contribution in [2.45, 2.75) is 4.90 Å². The Morgan fingerprint density at radius 1 is 1.14 bits per heavy atom. The van der Waals surface area contributed by atoms with Gasteiger partial charge in [-0.15, -0.1) is 4.83 Å². The quantitative estimate of drug-likeness (QED) is 0.723. The number of nitrogens with one attached hydrogen (secondary N) is 2. The first-order chi connectivity index (χ1) is 10.4. The molecule has 0 aliphatic carbocycles. The first-order valence-corrected chi connectivity index (χ1v) is 7.52. The lowest BCUT2D eigenvalue weighted by Gasteiger charge is -2.09. The van der Waals surface area contributed by atoms with E-state index >= 15 is 0 Å². The van der Waals surface area contributed by atoms with Gasteiger partial charge in [-0.3, -0.25) is 10.2 Å². The Hall–Kier alpha value is -2.89. The minimum atomic E-state index is -4.02. The first-order valence-electron chi connectivity index (χ1n) is 6.04. The van der Waals surface area contributed by atoms with Crippen molar-refractivity contribution >= 4 is 15.9 Å². The Balaban J connectivity index is 2.15. The average molecular weight is 317 g/mol. The summed E-state index contributed by atoms with van der Waals surface area (Å²) in [6.07, 6.45) is 0. The monoisotopic (exact) mass is 317 g/mol. The predicted octanol–water partition coefficient (Wildman–Crippen LogP) is 0.887. The van der Waals surface area contributed by atoms with Crippen molar-refractivity contribution in [2.24, 2.45) is 0 Å². The van der Waals surface area contributed by atoms with Gasteiger partial charge in [0.25, 0.3) is 15.9 Å². The molecule has 2 rings (SSSR count). The van der Waals surface area contributed by atoms with E-state index in [1.807, 2.05) is 16.3 Å². The third kappa shape index (κ3) is 3.41. The second kappa shape index (κ2) is 6.26. The molecule has 0 saturated heterocycles. The topological polar surface area (TPSA) is 119 Å². The van der Waals surface area contributed by atoms with Crippen molar-refractivity contribution in [3.63, 3.8) is 0 Å². The number of hydrazine groups is 1. The number of nitrogens with zero attached hydrogens (tertiary/aromatic N) is 1. The highest BCUT2D eigenvalue weighted by Gasteiger charge is 2.17. The van der Waals surface area contributed by atoms with Gasteiger partial charge in [0, 0.05) is 0 Å². The van der Waals surface area contributed by atoms with Gasteiger partial charge < -0.3 is 5.11 Å². The van der Waals surface area contributed by atoms with Crippen molar-refractivity contribution in [1.82, 2.24) is 10.3 Å². The van der Waals surface area contributed by atoms with Gasteiger partial charge >= 0.3 is 0 Å². The Morgan fingerprint density at radius 3 is 2.55 bits per heavy atom. The number of nitriles is 1. The lowest BCUT2D eigenvalue weighted by atomic mass is 10.2. The molecule has 7 nitrogen and oxygen atoms in total. The van der Waals surface area contributed by atoms with E-state index in [1.54, 1.807) is 0 Å². The van der Waals surface area contributed by atoms with E-state index in [0.717, 1.165) is 0 Å². The zero-order chi connectivity index (χ0) is 16.2. The minimum absolute atomic E-state index is 0.0732. The summed E-state index contributed by atoms with van der Waals surface area (Å²) in [5.41, 5.74) is 2.10. The third-order valence-corrected chi connectivity index (χ3v) is 3.97. The summed E-state index contributed by atoms with van der Waals surface area (Å²) in [7, 11) is -4.02. The van der Waals surface area contributed by atoms with Gasteiger partial charge in [-0.25, -0.2) is 8.42 Å². The van der Waals surface area contributed by atoms with Crippen LogP contribution in [0.4, 0.5) is 0 Å². The van der Waals surface area contributed by atoms with Crippen molar-refractivity contribution in [2.75, 3.05) is 0 Å². The molecule has 0 unspecified atom stereocenters. The van der Waals surface area contributed by atoms with Crippen LogP contribution < -0.4 is 10.3 Å². The van der Waals surface area contributed by atoms with Gasteiger partial charge in [-0.05, 0) is 30.3 Å². The number of aromatic hydroxyl groups is 1. The second-order valence-electron chi connectivity index (χ2n) is 4.22. The molecule has 3 N–H and O–H groups in total. The largest absolute Gasteiger partial charge is 0.507 e. The van der Waals surface area contributed by atoms with Crippen LogP contribution in [0.1, 0.15) is 15.9 Å². The van der Waals surface area contributed by atoms with Crippen molar-refractivity contribution < 1.29 is 18.3 Å². The summed E-state index contributed by atoms with van der Waals surface area (Å²) in [6, 6.07) is 12.9. The van der Waals surface area contributed by atoms with Crippen molar-refractivity contribution in [3.8, 4) is 11.8 Å². The lowest BCUT2D eigenvalue weighted by Crippen LogP contribution is -2.41. The van der Waals surface area contributed by atoms with Crippen LogP contribution >= 0.6 is 0 Å². The Bertz CT molecular complexity index is 856. The smallest absolute Gasteiger partial charge is 0.269 e. The van der Waals surface area contributed by atoms with Crippen LogP contribution in [-0.2, 0) is 10.0 Å². The highest BCUT2D eigenvalue weighted by Crippen LogP contribution is 2.15. The fourth-order valence-electron chi connectivity index (χ4n) is 1.64. The minimum Gasteiger partial charge on any atom is -0.507 e. The SMILES string of the molecule is N#Cc1cccc(S(=O)(=O)NNC(=O)c2ccccc2O)c1. The number of phenols is 1. The van der Waals surface area contributed by atoms with Crippen LogP contribution in [0.5, 0.6) is 5.75 Å². The van der Waals surface area contributed by atoms with Crippen LogP contribution in [-0.4, -0.2) is 19.4 Å². The van der Waals surface area contributed by atoms with Gasteiger partial charge in [0.1, 0.15) is 5.75 Å². The number of carbonyl (C=O) groups is 1. The van der Waals surface area contributed by atoms with E-state index in [0.29, 0.717) is 0 Å². The summed E-state index contributed by atoms with van der Waals surface area (Å²) in [4.78, 5) is 13.6. The van der Waals surface area contributed by atoms with Gasteiger partial charge in [0.2, 0.25) is 0 Å². The molecule has 8 heteroatoms. The van der Waals surface area contributed by atoms with E-state index < -0.39 is 15.9 Å². The summed E-state index contributed by atoms with van der Waals surface area (Å²) in [6.45, 7) is 0. The fourth-order valence-corrected chi connectivity index (χ4v) is 2.52. The average Bonchev–Trinajstić information content (AvgIpc) is 2.53. The molecule has 0 spiro atoms. The summed E-state index contributed by atoms with van der Waals surface area (Å²) in [5.74, 6) is -1.08. The number of phenolic OH excluding ortho intramolecular Hbond substituents is 1. The first kappa shape index (κ1) is 15.5. The van der Waals surface area contributed by atoms with Crippen LogP contribution in [0.2, 0.25) is 0 Å². The zero-order valence-corrected chi connectivity index (χ0v) is 12.0. The van der Waals surface area contributed by atoms with E-state index in [1.165, 1.54) is 48.5 Å². The van der Waals surface area contributed by atoms with Crippen LogP contribution in [0.25, 0.3) is 0 Å². The normalized spacial score (nSPS) is 10.7. The standard InChI is InChI=1S/C14H11N3O4S/c15-9-10-4-3-5-11(8-10)22(20,21)17-16-14(19)12-6-1-2-7-13(12)18/h1-8,17-18H,(H,16,19). The molecule has 2 aromatic rings. The Labute approximate surface area is 126 Å². The number of amides is 1. The second-order valence-corrected chi connectivity index (χ2v) is 5.90. The van der Waals surface area contributed by atoms with Crippen LogP contribution in [0.15, 0.2) is 53.4 Å². The number of hydrogen-bond acceptors (Lipinski definition) is 5. The Morgan fingerprint density at radius 2 is 1.86 bits per heavy atom. The molecule has 0 aromatic heterocycles. The molecule has 22 heavy (non-hydrogen) atoms. The molecular weight excluding hydrogens is 306 g/mol. The predicted molar refractivity (Wildman–Crippen MR) is 77.1 cm³/mol. The molecule has 0 bridgehead atoms. The number of hydrogen-bond donors (Lipinski definition) is 3. The highest BCUT2D eigenvalue weighted by atomic mass is 32.2. The maximum absolute atomic E-state index is 12.0. The van der Waals surface area contributed by atoms with E-state index in [4.69, 9.17) is 5.26 Å². The van der Waals surface area contributed by atoms with Gasteiger partial charge in [-0.2, -0.15) is 5.26 Å². The number of sulfonamides is 1. The summed E-state index contributed by atoms with van der Waals surface area (Å²) < 4.78 is 24.0. The van der Waals surface area contributed by atoms with Crippen molar-refractivity contribution in [1.29, 1.82) is 5.26 Å². The van der Waals surface area contributed by atoms with E-state index in [-0.39, 0.29) is 21.8 Å². The summed E-state index contributed by atoms with van der Waals surface area (Å²) >= 11 is 0. The molecule has 1 amide bonds. The highest BCUT2D eigenvalue weighted by molar-refractivity contribution is 7.89. The third-order valence-electron chi connectivity index (χ3n) is 2.72. The van der Waals surface area contributed by atoms with Crippen LogP contribution in [0.3, 0.4) is 0 Å². The fraction of sp³-hybridized carbons (Fsp3) is 0.